The second-order valence-electron chi connectivity index (χ2n) is 7.21. The number of hydrogen-bond acceptors (Lipinski definition) is 3. The fraction of sp³-hybridized carbons (Fsp3) is 0.286. The summed E-state index contributed by atoms with van der Waals surface area (Å²) in [5, 5.41) is 1.09. The minimum absolute atomic E-state index is 0.0765. The number of benzene rings is 2. The molecule has 1 heterocycles. The lowest BCUT2D eigenvalue weighted by molar-refractivity contribution is 0.531. The molecule has 25 heavy (non-hydrogen) atoms. The summed E-state index contributed by atoms with van der Waals surface area (Å²) in [6.45, 7) is 7.96. The number of aromatic nitrogens is 1. The Balaban J connectivity index is 2.08. The van der Waals surface area contributed by atoms with Gasteiger partial charge in [-0.3, -0.25) is 0 Å². The van der Waals surface area contributed by atoms with Crippen molar-refractivity contribution in [2.75, 3.05) is 0 Å². The lowest BCUT2D eigenvalue weighted by Crippen LogP contribution is -2.40. The fourth-order valence-corrected chi connectivity index (χ4v) is 3.49. The zero-order chi connectivity index (χ0) is 18.0. The SMILES string of the molecule is C[C@H](N[S@+]([O-])C(C)(C)C)c1cc2ccccc2nc1-c1ccccc1. The molecule has 0 fully saturated rings. The summed E-state index contributed by atoms with van der Waals surface area (Å²) in [4.78, 5) is 4.90. The van der Waals surface area contributed by atoms with Crippen molar-refractivity contribution in [2.45, 2.75) is 38.5 Å². The van der Waals surface area contributed by atoms with Crippen molar-refractivity contribution in [1.82, 2.24) is 9.71 Å². The minimum atomic E-state index is -1.14. The summed E-state index contributed by atoms with van der Waals surface area (Å²) < 4.78 is 15.5. The predicted octanol–water partition coefficient (Wildman–Crippen LogP) is 5.01. The minimum Gasteiger partial charge on any atom is -0.598 e. The van der Waals surface area contributed by atoms with Gasteiger partial charge in [0.05, 0.1) is 17.3 Å². The molecule has 0 aliphatic heterocycles. The molecule has 0 aliphatic rings. The molecule has 2 aromatic carbocycles. The highest BCUT2D eigenvalue weighted by atomic mass is 32.2. The largest absolute Gasteiger partial charge is 0.598 e. The molecule has 3 rings (SSSR count). The average molecular weight is 353 g/mol. The summed E-state index contributed by atoms with van der Waals surface area (Å²) in [5.41, 5.74) is 4.03. The monoisotopic (exact) mass is 352 g/mol. The van der Waals surface area contributed by atoms with Gasteiger partial charge in [-0.1, -0.05) is 48.5 Å². The predicted molar refractivity (Wildman–Crippen MR) is 107 cm³/mol. The van der Waals surface area contributed by atoms with Crippen LogP contribution in [0.1, 0.15) is 39.3 Å². The van der Waals surface area contributed by atoms with Crippen molar-refractivity contribution < 1.29 is 4.55 Å². The maximum atomic E-state index is 12.5. The Labute approximate surface area is 152 Å². The third-order valence-corrected chi connectivity index (χ3v) is 5.79. The Morgan fingerprint density at radius 1 is 1.00 bits per heavy atom. The molecule has 0 radical (unpaired) electrons. The van der Waals surface area contributed by atoms with Crippen molar-refractivity contribution in [1.29, 1.82) is 0 Å². The van der Waals surface area contributed by atoms with Crippen molar-refractivity contribution in [3.63, 3.8) is 0 Å². The van der Waals surface area contributed by atoms with E-state index in [1.807, 2.05) is 64.1 Å². The van der Waals surface area contributed by atoms with Gasteiger partial charge in [-0.15, -0.1) is 4.72 Å². The van der Waals surface area contributed by atoms with Crippen LogP contribution >= 0.6 is 0 Å². The Kier molecular flexibility index (Phi) is 5.13. The molecule has 130 valence electrons. The van der Waals surface area contributed by atoms with Crippen LogP contribution in [0.4, 0.5) is 0 Å². The van der Waals surface area contributed by atoms with Crippen LogP contribution in [0, 0.1) is 0 Å². The number of rotatable bonds is 4. The molecule has 0 amide bonds. The molecule has 3 nitrogen and oxygen atoms in total. The van der Waals surface area contributed by atoms with E-state index < -0.39 is 11.4 Å². The van der Waals surface area contributed by atoms with Gasteiger partial charge in [0, 0.05) is 27.9 Å². The van der Waals surface area contributed by atoms with Crippen LogP contribution in [-0.2, 0) is 11.4 Å². The van der Waals surface area contributed by atoms with E-state index in [0.717, 1.165) is 27.7 Å². The topological polar surface area (TPSA) is 48.0 Å². The van der Waals surface area contributed by atoms with E-state index in [1.165, 1.54) is 0 Å². The molecule has 2 atom stereocenters. The van der Waals surface area contributed by atoms with Crippen LogP contribution in [0.15, 0.2) is 60.7 Å². The zero-order valence-electron chi connectivity index (χ0n) is 15.1. The van der Waals surface area contributed by atoms with Crippen LogP contribution in [-0.4, -0.2) is 14.3 Å². The highest BCUT2D eigenvalue weighted by molar-refractivity contribution is 7.90. The normalized spacial score (nSPS) is 14.4. The average Bonchev–Trinajstić information content (AvgIpc) is 2.60. The van der Waals surface area contributed by atoms with Gasteiger partial charge in [-0.05, 0) is 39.8 Å². The van der Waals surface area contributed by atoms with Crippen LogP contribution in [0.25, 0.3) is 22.2 Å². The molecular weight excluding hydrogens is 328 g/mol. The van der Waals surface area contributed by atoms with E-state index >= 15 is 0 Å². The molecule has 0 aliphatic carbocycles. The molecular formula is C21H24N2OS. The van der Waals surface area contributed by atoms with Gasteiger partial charge in [0.2, 0.25) is 0 Å². The molecule has 0 bridgehead atoms. The molecule has 0 spiro atoms. The number of pyridine rings is 1. The second kappa shape index (κ2) is 7.16. The number of para-hydroxylation sites is 1. The fourth-order valence-electron chi connectivity index (χ4n) is 2.69. The van der Waals surface area contributed by atoms with E-state index in [9.17, 15) is 4.55 Å². The first-order chi connectivity index (χ1) is 11.9. The molecule has 1 aromatic heterocycles. The first-order valence-electron chi connectivity index (χ1n) is 8.49. The third-order valence-electron chi connectivity index (χ3n) is 4.11. The first-order valence-corrected chi connectivity index (χ1v) is 9.64. The summed E-state index contributed by atoms with van der Waals surface area (Å²) >= 11 is -1.14. The van der Waals surface area contributed by atoms with Gasteiger partial charge in [0.25, 0.3) is 0 Å². The maximum absolute atomic E-state index is 12.5. The standard InChI is InChI=1S/C21H24N2OS/c1-15(23-25(24)21(2,3)4)18-14-17-12-8-9-13-19(17)22-20(18)16-10-6-5-7-11-16/h5-15,23H,1-4H3/t15-,25+/m0/s1. The van der Waals surface area contributed by atoms with E-state index in [2.05, 4.69) is 29.0 Å². The van der Waals surface area contributed by atoms with Crippen LogP contribution in [0.3, 0.4) is 0 Å². The highest BCUT2D eigenvalue weighted by Gasteiger charge is 2.29. The first kappa shape index (κ1) is 17.9. The van der Waals surface area contributed by atoms with E-state index in [0.29, 0.717) is 0 Å². The van der Waals surface area contributed by atoms with E-state index in [4.69, 9.17) is 4.98 Å². The van der Waals surface area contributed by atoms with Crippen LogP contribution in [0.5, 0.6) is 0 Å². The smallest absolute Gasteiger partial charge is 0.136 e. The molecule has 1 N–H and O–H groups in total. The Morgan fingerprint density at radius 2 is 1.64 bits per heavy atom. The zero-order valence-corrected chi connectivity index (χ0v) is 15.9. The van der Waals surface area contributed by atoms with Crippen LogP contribution < -0.4 is 4.72 Å². The lowest BCUT2D eigenvalue weighted by atomic mass is 9.99. The Hall–Kier alpha value is -1.88. The van der Waals surface area contributed by atoms with Gasteiger partial charge in [-0.25, -0.2) is 4.98 Å². The van der Waals surface area contributed by atoms with Gasteiger partial charge < -0.3 is 4.55 Å². The van der Waals surface area contributed by atoms with Crippen molar-refractivity contribution in [3.05, 3.63) is 66.2 Å². The maximum Gasteiger partial charge on any atom is 0.136 e. The Bertz CT molecular complexity index is 859. The van der Waals surface area contributed by atoms with Gasteiger partial charge in [-0.2, -0.15) is 0 Å². The summed E-state index contributed by atoms with van der Waals surface area (Å²) in [5.74, 6) is 0. The third kappa shape index (κ3) is 4.03. The van der Waals surface area contributed by atoms with Crippen molar-refractivity contribution in [2.24, 2.45) is 0 Å². The highest BCUT2D eigenvalue weighted by Crippen LogP contribution is 2.31. The molecule has 3 aromatic rings. The number of nitrogens with one attached hydrogen (secondary N) is 1. The van der Waals surface area contributed by atoms with Crippen LogP contribution in [0.2, 0.25) is 0 Å². The number of nitrogens with zero attached hydrogens (tertiary/aromatic N) is 1. The Morgan fingerprint density at radius 3 is 2.32 bits per heavy atom. The second-order valence-corrected chi connectivity index (χ2v) is 9.20. The molecule has 0 unspecified atom stereocenters. The lowest BCUT2D eigenvalue weighted by Gasteiger charge is -2.27. The van der Waals surface area contributed by atoms with Crippen molar-refractivity contribution in [3.8, 4) is 11.3 Å². The van der Waals surface area contributed by atoms with E-state index in [1.54, 1.807) is 0 Å². The van der Waals surface area contributed by atoms with Gasteiger partial charge >= 0.3 is 0 Å². The number of fused-ring (bicyclic) bond motifs is 1. The van der Waals surface area contributed by atoms with E-state index in [-0.39, 0.29) is 10.8 Å². The summed E-state index contributed by atoms with van der Waals surface area (Å²) in [7, 11) is 0. The summed E-state index contributed by atoms with van der Waals surface area (Å²) in [6.07, 6.45) is 0. The van der Waals surface area contributed by atoms with Crippen molar-refractivity contribution >= 4 is 22.3 Å². The molecule has 0 saturated heterocycles. The molecule has 4 heteroatoms. The van der Waals surface area contributed by atoms with Gasteiger partial charge in [0.1, 0.15) is 4.75 Å². The number of hydrogen-bond donors (Lipinski definition) is 1. The summed E-state index contributed by atoms with van der Waals surface area (Å²) in [6, 6.07) is 20.3. The molecule has 0 saturated carbocycles. The van der Waals surface area contributed by atoms with Gasteiger partial charge in [0.15, 0.2) is 0 Å². The quantitative estimate of drug-likeness (QED) is 0.671.